The Bertz CT molecular complexity index is 337. The first-order chi connectivity index (χ1) is 7.00. The van der Waals surface area contributed by atoms with E-state index in [-0.39, 0.29) is 13.2 Å². The highest BCUT2D eigenvalue weighted by atomic mass is 16.3. The summed E-state index contributed by atoms with van der Waals surface area (Å²) >= 11 is 0. The molecule has 1 heterocycles. The molecule has 5 nitrogen and oxygen atoms in total. The summed E-state index contributed by atoms with van der Waals surface area (Å²) in [5, 5.41) is 21.3. The second kappa shape index (κ2) is 4.55. The van der Waals surface area contributed by atoms with E-state index in [2.05, 4.69) is 15.3 Å². The van der Waals surface area contributed by atoms with Crippen molar-refractivity contribution in [3.63, 3.8) is 0 Å². The number of aliphatic hydroxyl groups is 2. The Balaban J connectivity index is 2.92. The molecule has 0 saturated carbocycles. The van der Waals surface area contributed by atoms with Gasteiger partial charge in [0.15, 0.2) is 0 Å². The number of aliphatic hydroxyl groups excluding tert-OH is 2. The molecule has 0 radical (unpaired) electrons. The minimum Gasteiger partial charge on any atom is -0.394 e. The van der Waals surface area contributed by atoms with Crippen molar-refractivity contribution in [1.29, 1.82) is 0 Å². The zero-order valence-electron chi connectivity index (χ0n) is 9.28. The molecule has 0 aliphatic carbocycles. The van der Waals surface area contributed by atoms with Crippen LogP contribution >= 0.6 is 0 Å². The van der Waals surface area contributed by atoms with Crippen molar-refractivity contribution in [3.8, 4) is 0 Å². The van der Waals surface area contributed by atoms with Crippen molar-refractivity contribution in [2.75, 3.05) is 18.5 Å². The summed E-state index contributed by atoms with van der Waals surface area (Å²) in [6.45, 7) is 5.05. The summed E-state index contributed by atoms with van der Waals surface area (Å²) in [6, 6.07) is 0. The normalized spacial score (nSPS) is 11.5. The standard InChI is InChI=1S/C10H17N3O2/c1-7-4-11-8(2)9(12-7)13-10(3,5-14)6-15/h4,14-15H,5-6H2,1-3H3,(H,12,13). The van der Waals surface area contributed by atoms with Crippen molar-refractivity contribution in [1.82, 2.24) is 9.97 Å². The van der Waals surface area contributed by atoms with Crippen LogP contribution in [0.15, 0.2) is 6.20 Å². The van der Waals surface area contributed by atoms with Crippen molar-refractivity contribution in [3.05, 3.63) is 17.6 Å². The molecular weight excluding hydrogens is 194 g/mol. The largest absolute Gasteiger partial charge is 0.394 e. The highest BCUT2D eigenvalue weighted by Crippen LogP contribution is 2.15. The third kappa shape index (κ3) is 2.87. The molecule has 0 saturated heterocycles. The van der Waals surface area contributed by atoms with Crippen LogP contribution in [0.1, 0.15) is 18.3 Å². The lowest BCUT2D eigenvalue weighted by Crippen LogP contribution is -2.43. The van der Waals surface area contributed by atoms with Gasteiger partial charge in [-0.1, -0.05) is 0 Å². The van der Waals surface area contributed by atoms with Gasteiger partial charge in [0, 0.05) is 6.20 Å². The van der Waals surface area contributed by atoms with Crippen molar-refractivity contribution in [2.45, 2.75) is 26.3 Å². The van der Waals surface area contributed by atoms with Crippen molar-refractivity contribution >= 4 is 5.82 Å². The third-order valence-corrected chi connectivity index (χ3v) is 2.19. The molecule has 0 aliphatic rings. The molecule has 1 rings (SSSR count). The van der Waals surface area contributed by atoms with E-state index >= 15 is 0 Å². The molecule has 0 unspecified atom stereocenters. The number of hydrogen-bond acceptors (Lipinski definition) is 5. The third-order valence-electron chi connectivity index (χ3n) is 2.19. The van der Waals surface area contributed by atoms with Gasteiger partial charge in [-0.3, -0.25) is 4.98 Å². The quantitative estimate of drug-likeness (QED) is 0.665. The predicted molar refractivity (Wildman–Crippen MR) is 57.7 cm³/mol. The average molecular weight is 211 g/mol. The lowest BCUT2D eigenvalue weighted by atomic mass is 10.1. The fourth-order valence-corrected chi connectivity index (χ4v) is 1.07. The van der Waals surface area contributed by atoms with E-state index in [1.807, 2.05) is 13.8 Å². The fraction of sp³-hybridized carbons (Fsp3) is 0.600. The molecule has 0 atom stereocenters. The first-order valence-corrected chi connectivity index (χ1v) is 4.81. The number of nitrogens with one attached hydrogen (secondary N) is 1. The zero-order valence-corrected chi connectivity index (χ0v) is 9.28. The predicted octanol–water partition coefficient (Wildman–Crippen LogP) is 0.249. The Hall–Kier alpha value is -1.20. The van der Waals surface area contributed by atoms with Crippen molar-refractivity contribution in [2.24, 2.45) is 0 Å². The molecule has 1 aromatic heterocycles. The highest BCUT2D eigenvalue weighted by molar-refractivity contribution is 5.42. The number of nitrogens with zero attached hydrogens (tertiary/aromatic N) is 2. The maximum Gasteiger partial charge on any atom is 0.148 e. The molecular formula is C10H17N3O2. The van der Waals surface area contributed by atoms with Crippen LogP contribution in [0.25, 0.3) is 0 Å². The van der Waals surface area contributed by atoms with Gasteiger partial charge >= 0.3 is 0 Å². The number of aryl methyl sites for hydroxylation is 2. The van der Waals surface area contributed by atoms with Crippen LogP contribution in [0.2, 0.25) is 0 Å². The molecule has 84 valence electrons. The van der Waals surface area contributed by atoms with Crippen LogP contribution in [0.3, 0.4) is 0 Å². The number of hydrogen-bond donors (Lipinski definition) is 3. The SMILES string of the molecule is Cc1cnc(C)c(NC(C)(CO)CO)n1. The number of aromatic nitrogens is 2. The minimum absolute atomic E-state index is 0.168. The summed E-state index contributed by atoms with van der Waals surface area (Å²) < 4.78 is 0. The molecule has 0 fully saturated rings. The van der Waals surface area contributed by atoms with E-state index < -0.39 is 5.54 Å². The Morgan fingerprint density at radius 1 is 1.33 bits per heavy atom. The Labute approximate surface area is 89.2 Å². The summed E-state index contributed by atoms with van der Waals surface area (Å²) in [5.74, 6) is 0.598. The second-order valence-electron chi connectivity index (χ2n) is 3.95. The molecule has 15 heavy (non-hydrogen) atoms. The van der Waals surface area contributed by atoms with E-state index in [0.29, 0.717) is 5.82 Å². The molecule has 0 amide bonds. The highest BCUT2D eigenvalue weighted by Gasteiger charge is 2.23. The smallest absolute Gasteiger partial charge is 0.148 e. The first kappa shape index (κ1) is 11.9. The molecule has 0 aliphatic heterocycles. The average Bonchev–Trinajstić information content (AvgIpc) is 2.23. The lowest BCUT2D eigenvalue weighted by molar-refractivity contribution is 0.147. The van der Waals surface area contributed by atoms with Gasteiger partial charge in [0.2, 0.25) is 0 Å². The first-order valence-electron chi connectivity index (χ1n) is 4.81. The van der Waals surface area contributed by atoms with Gasteiger partial charge in [0.1, 0.15) is 5.82 Å². The van der Waals surface area contributed by atoms with E-state index in [0.717, 1.165) is 11.4 Å². The summed E-state index contributed by atoms with van der Waals surface area (Å²) in [4.78, 5) is 8.40. The molecule has 0 bridgehead atoms. The molecule has 1 aromatic rings. The summed E-state index contributed by atoms with van der Waals surface area (Å²) in [5.41, 5.74) is 0.766. The van der Waals surface area contributed by atoms with E-state index in [9.17, 15) is 0 Å². The van der Waals surface area contributed by atoms with Gasteiger partial charge in [0.05, 0.1) is 30.1 Å². The molecule has 5 heteroatoms. The number of anilines is 1. The Kier molecular flexibility index (Phi) is 3.60. The van der Waals surface area contributed by atoms with Crippen LogP contribution in [0.4, 0.5) is 5.82 Å². The van der Waals surface area contributed by atoms with Gasteiger partial charge in [-0.15, -0.1) is 0 Å². The number of rotatable bonds is 4. The van der Waals surface area contributed by atoms with Gasteiger partial charge < -0.3 is 15.5 Å². The van der Waals surface area contributed by atoms with Crippen LogP contribution in [-0.4, -0.2) is 38.9 Å². The summed E-state index contributed by atoms with van der Waals surface area (Å²) in [7, 11) is 0. The second-order valence-corrected chi connectivity index (χ2v) is 3.95. The maximum atomic E-state index is 9.14. The van der Waals surface area contributed by atoms with Crippen LogP contribution in [0.5, 0.6) is 0 Å². The van der Waals surface area contributed by atoms with E-state index in [1.54, 1.807) is 13.1 Å². The van der Waals surface area contributed by atoms with Gasteiger partial charge in [-0.25, -0.2) is 4.98 Å². The van der Waals surface area contributed by atoms with E-state index in [1.165, 1.54) is 0 Å². The molecule has 0 spiro atoms. The zero-order chi connectivity index (χ0) is 11.5. The monoisotopic (exact) mass is 211 g/mol. The van der Waals surface area contributed by atoms with Gasteiger partial charge in [0.25, 0.3) is 0 Å². The van der Waals surface area contributed by atoms with Crippen molar-refractivity contribution < 1.29 is 10.2 Å². The summed E-state index contributed by atoms with van der Waals surface area (Å²) in [6.07, 6.45) is 1.68. The van der Waals surface area contributed by atoms with Crippen LogP contribution < -0.4 is 5.32 Å². The molecule has 0 aromatic carbocycles. The Morgan fingerprint density at radius 3 is 2.47 bits per heavy atom. The molecule has 3 N–H and O–H groups in total. The van der Waals surface area contributed by atoms with Gasteiger partial charge in [-0.2, -0.15) is 0 Å². The van der Waals surface area contributed by atoms with Gasteiger partial charge in [-0.05, 0) is 20.8 Å². The fourth-order valence-electron chi connectivity index (χ4n) is 1.07. The van der Waals surface area contributed by atoms with Crippen LogP contribution in [-0.2, 0) is 0 Å². The van der Waals surface area contributed by atoms with Crippen LogP contribution in [0, 0.1) is 13.8 Å². The minimum atomic E-state index is -0.771. The maximum absolute atomic E-state index is 9.14. The Morgan fingerprint density at radius 2 is 1.93 bits per heavy atom. The topological polar surface area (TPSA) is 78.3 Å². The lowest BCUT2D eigenvalue weighted by Gasteiger charge is -2.27. The van der Waals surface area contributed by atoms with E-state index in [4.69, 9.17) is 10.2 Å².